The molecule has 16 heavy (non-hydrogen) atoms. The summed E-state index contributed by atoms with van der Waals surface area (Å²) in [6, 6.07) is -2.20. The van der Waals surface area contributed by atoms with Gasteiger partial charge in [0.2, 0.25) is 0 Å². The number of carbonyl (C=O) groups is 3. The summed E-state index contributed by atoms with van der Waals surface area (Å²) in [5, 5.41) is 19.1. The molecule has 0 radical (unpaired) electrons. The summed E-state index contributed by atoms with van der Waals surface area (Å²) in [5.41, 5.74) is 0. The molecular formula is C9H12N2O5. The van der Waals surface area contributed by atoms with Crippen LogP contribution in [0.1, 0.15) is 6.42 Å². The zero-order chi connectivity index (χ0) is 12.7. The molecule has 0 heterocycles. The van der Waals surface area contributed by atoms with Gasteiger partial charge in [0, 0.05) is 7.05 Å². The van der Waals surface area contributed by atoms with Crippen molar-refractivity contribution in [3.05, 3.63) is 0 Å². The maximum absolute atomic E-state index is 11.3. The number of carboxylic acids is 2. The average Bonchev–Trinajstić information content (AvgIpc) is 2.16. The van der Waals surface area contributed by atoms with Gasteiger partial charge in [-0.1, -0.05) is 5.92 Å². The second-order valence-corrected chi connectivity index (χ2v) is 3.00. The van der Waals surface area contributed by atoms with Gasteiger partial charge in [-0.15, -0.1) is 6.42 Å². The van der Waals surface area contributed by atoms with Gasteiger partial charge in [0.25, 0.3) is 0 Å². The highest BCUT2D eigenvalue weighted by atomic mass is 16.4. The van der Waals surface area contributed by atoms with Gasteiger partial charge < -0.3 is 20.4 Å². The van der Waals surface area contributed by atoms with E-state index in [1.807, 2.05) is 5.32 Å². The number of nitrogens with zero attached hydrogens (tertiary/aromatic N) is 1. The highest BCUT2D eigenvalue weighted by Gasteiger charge is 2.24. The van der Waals surface area contributed by atoms with E-state index < -0.39 is 30.4 Å². The number of hydrogen-bond acceptors (Lipinski definition) is 3. The van der Waals surface area contributed by atoms with Crippen LogP contribution in [0.3, 0.4) is 0 Å². The van der Waals surface area contributed by atoms with E-state index in [9.17, 15) is 14.4 Å². The van der Waals surface area contributed by atoms with Gasteiger partial charge in [-0.3, -0.25) is 4.79 Å². The molecule has 0 rings (SSSR count). The minimum absolute atomic E-state index is 0.00520. The molecule has 3 N–H and O–H groups in total. The van der Waals surface area contributed by atoms with Gasteiger partial charge in [0.15, 0.2) is 0 Å². The molecule has 0 aliphatic heterocycles. The molecule has 0 spiro atoms. The van der Waals surface area contributed by atoms with Crippen LogP contribution in [0.25, 0.3) is 0 Å². The predicted molar refractivity (Wildman–Crippen MR) is 53.7 cm³/mol. The number of nitrogens with one attached hydrogen (secondary N) is 1. The van der Waals surface area contributed by atoms with Crippen molar-refractivity contribution in [1.29, 1.82) is 0 Å². The Labute approximate surface area is 92.0 Å². The molecule has 0 fully saturated rings. The second-order valence-electron chi connectivity index (χ2n) is 3.00. The maximum Gasteiger partial charge on any atom is 0.326 e. The SMILES string of the molecule is C#CCN(C)C(=O)N[C@H](CC(=O)O)C(=O)O. The van der Waals surface area contributed by atoms with Gasteiger partial charge in [-0.2, -0.15) is 0 Å². The fourth-order valence-corrected chi connectivity index (χ4v) is 0.843. The summed E-state index contributed by atoms with van der Waals surface area (Å²) < 4.78 is 0. The molecule has 0 aliphatic carbocycles. The van der Waals surface area contributed by atoms with Crippen molar-refractivity contribution < 1.29 is 24.6 Å². The summed E-state index contributed by atoms with van der Waals surface area (Å²) in [5.74, 6) is -0.532. The van der Waals surface area contributed by atoms with Crippen molar-refractivity contribution in [2.75, 3.05) is 13.6 Å². The zero-order valence-electron chi connectivity index (χ0n) is 8.64. The number of urea groups is 1. The standard InChI is InChI=1S/C9H12N2O5/c1-3-4-11(2)9(16)10-6(8(14)15)5-7(12)13/h1,6H,4-5H2,2H3,(H,10,16)(H,12,13)(H,14,15)/t6-/m1/s1. The number of carboxylic acid groups (broad SMARTS) is 2. The molecule has 0 bridgehead atoms. The van der Waals surface area contributed by atoms with Crippen LogP contribution in [0.15, 0.2) is 0 Å². The second kappa shape index (κ2) is 6.29. The Morgan fingerprint density at radius 1 is 1.44 bits per heavy atom. The summed E-state index contributed by atoms with van der Waals surface area (Å²) in [4.78, 5) is 33.3. The number of rotatable bonds is 5. The van der Waals surface area contributed by atoms with E-state index in [0.717, 1.165) is 4.90 Å². The van der Waals surface area contributed by atoms with E-state index >= 15 is 0 Å². The lowest BCUT2D eigenvalue weighted by Gasteiger charge is -2.18. The summed E-state index contributed by atoms with van der Waals surface area (Å²) in [7, 11) is 1.37. The summed E-state index contributed by atoms with van der Waals surface area (Å²) in [6.45, 7) is 0.00520. The van der Waals surface area contributed by atoms with E-state index in [1.165, 1.54) is 7.05 Å². The molecule has 0 aromatic carbocycles. The van der Waals surface area contributed by atoms with Crippen LogP contribution in [0, 0.1) is 12.3 Å². The third-order valence-electron chi connectivity index (χ3n) is 1.65. The molecule has 0 aromatic rings. The first-order valence-electron chi connectivity index (χ1n) is 4.28. The minimum atomic E-state index is -1.47. The molecule has 0 aromatic heterocycles. The Morgan fingerprint density at radius 3 is 2.38 bits per heavy atom. The van der Waals surface area contributed by atoms with Crippen LogP contribution < -0.4 is 5.32 Å². The molecule has 0 saturated heterocycles. The van der Waals surface area contributed by atoms with Crippen molar-refractivity contribution in [3.8, 4) is 12.3 Å². The number of hydrogen-bond donors (Lipinski definition) is 3. The van der Waals surface area contributed by atoms with Crippen molar-refractivity contribution in [3.63, 3.8) is 0 Å². The third-order valence-corrected chi connectivity index (χ3v) is 1.65. The molecule has 0 saturated carbocycles. The monoisotopic (exact) mass is 228 g/mol. The molecule has 0 unspecified atom stereocenters. The van der Waals surface area contributed by atoms with Gasteiger partial charge >= 0.3 is 18.0 Å². The first-order chi connectivity index (χ1) is 7.38. The molecule has 7 nitrogen and oxygen atoms in total. The first-order valence-corrected chi connectivity index (χ1v) is 4.28. The largest absolute Gasteiger partial charge is 0.481 e. The smallest absolute Gasteiger partial charge is 0.326 e. The van der Waals surface area contributed by atoms with Crippen LogP contribution in [0.2, 0.25) is 0 Å². The predicted octanol–water partition coefficient (Wildman–Crippen LogP) is -0.811. The van der Waals surface area contributed by atoms with Gasteiger partial charge in [0.1, 0.15) is 6.04 Å². The van der Waals surface area contributed by atoms with Crippen LogP contribution in [0.4, 0.5) is 4.79 Å². The number of aliphatic carboxylic acids is 2. The Balaban J connectivity index is 4.41. The Kier molecular flexibility index (Phi) is 5.41. The van der Waals surface area contributed by atoms with Crippen molar-refractivity contribution in [1.82, 2.24) is 10.2 Å². The topological polar surface area (TPSA) is 107 Å². The average molecular weight is 228 g/mol. The van der Waals surface area contributed by atoms with Gasteiger partial charge in [-0.25, -0.2) is 9.59 Å². The van der Waals surface area contributed by atoms with E-state index in [2.05, 4.69) is 5.92 Å². The molecule has 88 valence electrons. The Hall–Kier alpha value is -2.23. The van der Waals surface area contributed by atoms with Crippen LogP contribution in [0.5, 0.6) is 0 Å². The number of carbonyl (C=O) groups excluding carboxylic acids is 1. The van der Waals surface area contributed by atoms with E-state index in [-0.39, 0.29) is 6.54 Å². The van der Waals surface area contributed by atoms with E-state index in [0.29, 0.717) is 0 Å². The maximum atomic E-state index is 11.3. The highest BCUT2D eigenvalue weighted by Crippen LogP contribution is 1.95. The molecule has 7 heteroatoms. The lowest BCUT2D eigenvalue weighted by Crippen LogP contribution is -2.47. The fraction of sp³-hybridized carbons (Fsp3) is 0.444. The third kappa shape index (κ3) is 4.85. The lowest BCUT2D eigenvalue weighted by atomic mass is 10.2. The van der Waals surface area contributed by atoms with Crippen molar-refractivity contribution in [2.45, 2.75) is 12.5 Å². The molecule has 2 amide bonds. The van der Waals surface area contributed by atoms with Crippen LogP contribution >= 0.6 is 0 Å². The molecular weight excluding hydrogens is 216 g/mol. The van der Waals surface area contributed by atoms with E-state index in [1.54, 1.807) is 0 Å². The summed E-state index contributed by atoms with van der Waals surface area (Å²) in [6.07, 6.45) is 4.27. The highest BCUT2D eigenvalue weighted by molar-refractivity contribution is 5.86. The molecule has 1 atom stereocenters. The first kappa shape index (κ1) is 13.8. The van der Waals surface area contributed by atoms with Crippen LogP contribution in [-0.4, -0.2) is 52.7 Å². The van der Waals surface area contributed by atoms with Crippen LogP contribution in [-0.2, 0) is 9.59 Å². The van der Waals surface area contributed by atoms with Crippen molar-refractivity contribution >= 4 is 18.0 Å². The lowest BCUT2D eigenvalue weighted by molar-refractivity contribution is -0.145. The molecule has 0 aliphatic rings. The minimum Gasteiger partial charge on any atom is -0.481 e. The Morgan fingerprint density at radius 2 is 2.00 bits per heavy atom. The van der Waals surface area contributed by atoms with Crippen molar-refractivity contribution in [2.24, 2.45) is 0 Å². The summed E-state index contributed by atoms with van der Waals surface area (Å²) >= 11 is 0. The number of amides is 2. The van der Waals surface area contributed by atoms with Gasteiger partial charge in [0.05, 0.1) is 13.0 Å². The van der Waals surface area contributed by atoms with Gasteiger partial charge in [-0.05, 0) is 0 Å². The quantitative estimate of drug-likeness (QED) is 0.533. The fourth-order valence-electron chi connectivity index (χ4n) is 0.843. The van der Waals surface area contributed by atoms with E-state index in [4.69, 9.17) is 16.6 Å². The normalized spacial score (nSPS) is 11.0. The number of terminal acetylenes is 1. The zero-order valence-corrected chi connectivity index (χ0v) is 8.64. The Bertz CT molecular complexity index is 333.